The van der Waals surface area contributed by atoms with E-state index < -0.39 is 0 Å². The Kier molecular flexibility index (Phi) is 8.29. The number of hydrogen-bond donors (Lipinski definition) is 0. The van der Waals surface area contributed by atoms with Gasteiger partial charge in [-0.1, -0.05) is 190 Å². The summed E-state index contributed by atoms with van der Waals surface area (Å²) in [5, 5.41) is 5.18. The molecule has 0 amide bonds. The Balaban J connectivity index is 0.900. The van der Waals surface area contributed by atoms with Crippen molar-refractivity contribution in [3.8, 4) is 101 Å². The molecule has 13 rings (SSSR count). The number of rotatable bonds is 6. The summed E-state index contributed by atoms with van der Waals surface area (Å²) in [6, 6.07) is 77.8. The van der Waals surface area contributed by atoms with Crippen molar-refractivity contribution in [3.63, 3.8) is 0 Å². The molecule has 0 aliphatic heterocycles. The minimum Gasteiger partial charge on any atom is -0.255 e. The molecular weight excluding hydrogens is 785 g/mol. The van der Waals surface area contributed by atoms with Gasteiger partial charge in [0.25, 0.3) is 0 Å². The third kappa shape index (κ3) is 5.74. The van der Waals surface area contributed by atoms with E-state index >= 15 is 0 Å². The highest BCUT2D eigenvalue weighted by atomic mass is 14.8. The van der Waals surface area contributed by atoms with Gasteiger partial charge < -0.3 is 0 Å². The van der Waals surface area contributed by atoms with Crippen molar-refractivity contribution in [1.82, 2.24) is 9.97 Å². The zero-order valence-corrected chi connectivity index (χ0v) is 36.2. The topological polar surface area (TPSA) is 25.8 Å². The highest BCUT2D eigenvalue weighted by molar-refractivity contribution is 6.28. The average molecular weight is 827 g/mol. The smallest absolute Gasteiger partial charge is 0.0893 e. The number of pyridine rings is 2. The van der Waals surface area contributed by atoms with Crippen molar-refractivity contribution >= 4 is 21.5 Å². The molecule has 0 radical (unpaired) electrons. The van der Waals surface area contributed by atoms with Crippen molar-refractivity contribution in [2.24, 2.45) is 0 Å². The van der Waals surface area contributed by atoms with E-state index in [-0.39, 0.29) is 5.41 Å². The highest BCUT2D eigenvalue weighted by Crippen LogP contribution is 2.59. The van der Waals surface area contributed by atoms with Crippen molar-refractivity contribution in [1.29, 1.82) is 0 Å². The molecule has 0 atom stereocenters. The molecule has 9 aromatic carbocycles. The number of fused-ring (bicyclic) bond motifs is 7. The summed E-state index contributed by atoms with van der Waals surface area (Å²) in [4.78, 5) is 9.46. The average Bonchev–Trinajstić information content (AvgIpc) is 3.82. The molecule has 11 aromatic rings. The summed E-state index contributed by atoms with van der Waals surface area (Å²) < 4.78 is 0. The molecule has 0 bridgehead atoms. The molecule has 0 fully saturated rings. The fourth-order valence-corrected chi connectivity index (χ4v) is 11.0. The lowest BCUT2D eigenvalue weighted by molar-refractivity contribution is 0.661. The number of aromatic nitrogens is 2. The summed E-state index contributed by atoms with van der Waals surface area (Å²) in [5.41, 5.74) is 24.2. The van der Waals surface area contributed by atoms with Gasteiger partial charge in [-0.15, -0.1) is 0 Å². The molecular formula is C63H42N2. The first-order valence-corrected chi connectivity index (χ1v) is 22.6. The van der Waals surface area contributed by atoms with Gasteiger partial charge in [-0.2, -0.15) is 0 Å². The minimum absolute atomic E-state index is 0.188. The van der Waals surface area contributed by atoms with Gasteiger partial charge in [-0.05, 0) is 147 Å². The van der Waals surface area contributed by atoms with E-state index in [1.807, 2.05) is 30.5 Å². The molecule has 2 aromatic heterocycles. The van der Waals surface area contributed by atoms with Crippen LogP contribution in [0, 0.1) is 0 Å². The van der Waals surface area contributed by atoms with Gasteiger partial charge in [0, 0.05) is 17.2 Å². The molecule has 0 N–H and O–H groups in total. The maximum Gasteiger partial charge on any atom is 0.0893 e. The standard InChI is InChI=1S/C63H42N2/c1-63(2)53-37-43(39-26-28-40(29-27-39)55-24-14-25-57(65-55)56-23-11-12-36-64-56)30-32-46(53)47-33-31-44(38-54(47)63)45-34-35-52-60-48(45)21-13-22-51(60)61-58(41-15-5-3-6-16-41)49-19-9-10-20-50(49)59(62(52)61)42-17-7-4-8-18-42/h3-38H,1-2H3. The van der Waals surface area contributed by atoms with Gasteiger partial charge in [0.2, 0.25) is 0 Å². The summed E-state index contributed by atoms with van der Waals surface area (Å²) in [6.07, 6.45) is 1.81. The first-order valence-electron chi connectivity index (χ1n) is 22.6. The fourth-order valence-electron chi connectivity index (χ4n) is 11.0. The van der Waals surface area contributed by atoms with Crippen LogP contribution in [0.1, 0.15) is 25.0 Å². The second-order valence-electron chi connectivity index (χ2n) is 18.0. The van der Waals surface area contributed by atoms with Gasteiger partial charge in [0.1, 0.15) is 0 Å². The lowest BCUT2D eigenvalue weighted by Gasteiger charge is -2.23. The molecule has 2 aliphatic rings. The SMILES string of the molecule is CC1(C)c2cc(-c3ccc(-c4cccc(-c5ccccn5)n4)cc3)ccc2-c2ccc(-c3ccc4c5c(cccc35)-c3c-4c(-c4ccccc4)c4ccccc4c3-c3ccccc3)cc21. The minimum atomic E-state index is -0.188. The monoisotopic (exact) mass is 826 g/mol. The van der Waals surface area contributed by atoms with Gasteiger partial charge in [0.15, 0.2) is 0 Å². The van der Waals surface area contributed by atoms with E-state index in [9.17, 15) is 0 Å². The van der Waals surface area contributed by atoms with Crippen molar-refractivity contribution in [3.05, 3.63) is 230 Å². The van der Waals surface area contributed by atoms with E-state index in [2.05, 4.69) is 207 Å². The fraction of sp³-hybridized carbons (Fsp3) is 0.0476. The van der Waals surface area contributed by atoms with Crippen LogP contribution in [0.15, 0.2) is 219 Å². The summed E-state index contributed by atoms with van der Waals surface area (Å²) in [6.45, 7) is 4.78. The summed E-state index contributed by atoms with van der Waals surface area (Å²) in [5.74, 6) is 0. The van der Waals surface area contributed by atoms with Crippen LogP contribution in [0.3, 0.4) is 0 Å². The Morgan fingerprint density at radius 1 is 0.308 bits per heavy atom. The van der Waals surface area contributed by atoms with Gasteiger partial charge >= 0.3 is 0 Å². The Hall–Kier alpha value is -8.20. The predicted octanol–water partition coefficient (Wildman–Crippen LogP) is 16.7. The van der Waals surface area contributed by atoms with Crippen molar-refractivity contribution in [2.45, 2.75) is 19.3 Å². The zero-order valence-electron chi connectivity index (χ0n) is 36.2. The molecule has 304 valence electrons. The molecule has 0 saturated heterocycles. The zero-order chi connectivity index (χ0) is 43.2. The third-order valence-electron chi connectivity index (χ3n) is 14.1. The molecule has 2 aliphatic carbocycles. The second-order valence-corrected chi connectivity index (χ2v) is 18.0. The maximum absolute atomic E-state index is 4.95. The van der Waals surface area contributed by atoms with Gasteiger partial charge in [-0.25, -0.2) is 4.98 Å². The van der Waals surface area contributed by atoms with E-state index in [4.69, 9.17) is 4.98 Å². The van der Waals surface area contributed by atoms with E-state index in [0.29, 0.717) is 0 Å². The number of benzene rings is 9. The van der Waals surface area contributed by atoms with Gasteiger partial charge in [0.05, 0.1) is 17.1 Å². The van der Waals surface area contributed by atoms with E-state index in [1.165, 1.54) is 111 Å². The molecule has 0 saturated carbocycles. The molecule has 2 heterocycles. The highest BCUT2D eigenvalue weighted by Gasteiger charge is 2.37. The Bertz CT molecular complexity index is 3610. The van der Waals surface area contributed by atoms with E-state index in [1.54, 1.807) is 0 Å². The van der Waals surface area contributed by atoms with E-state index in [0.717, 1.165) is 22.6 Å². The molecule has 0 unspecified atom stereocenters. The second kappa shape index (κ2) is 14.4. The lowest BCUT2D eigenvalue weighted by Crippen LogP contribution is -2.15. The largest absolute Gasteiger partial charge is 0.255 e. The Labute approximate surface area is 379 Å². The summed E-state index contributed by atoms with van der Waals surface area (Å²) in [7, 11) is 0. The van der Waals surface area contributed by atoms with Crippen LogP contribution in [0.25, 0.3) is 122 Å². The Morgan fingerprint density at radius 3 is 1.46 bits per heavy atom. The lowest BCUT2D eigenvalue weighted by atomic mass is 9.80. The van der Waals surface area contributed by atoms with Crippen LogP contribution in [-0.2, 0) is 5.41 Å². The number of nitrogens with zero attached hydrogens (tertiary/aromatic N) is 2. The first kappa shape index (κ1) is 37.4. The van der Waals surface area contributed by atoms with Crippen LogP contribution < -0.4 is 0 Å². The quantitative estimate of drug-likeness (QED) is 0.167. The molecule has 2 heteroatoms. The molecule has 0 spiro atoms. The molecule has 65 heavy (non-hydrogen) atoms. The van der Waals surface area contributed by atoms with Crippen LogP contribution >= 0.6 is 0 Å². The van der Waals surface area contributed by atoms with Crippen LogP contribution in [0.4, 0.5) is 0 Å². The first-order chi connectivity index (χ1) is 32.0. The summed E-state index contributed by atoms with van der Waals surface area (Å²) >= 11 is 0. The van der Waals surface area contributed by atoms with Crippen molar-refractivity contribution < 1.29 is 0 Å². The van der Waals surface area contributed by atoms with Gasteiger partial charge in [-0.3, -0.25) is 4.98 Å². The van der Waals surface area contributed by atoms with Crippen LogP contribution in [0.5, 0.6) is 0 Å². The molecule has 2 nitrogen and oxygen atoms in total. The Morgan fingerprint density at radius 2 is 0.800 bits per heavy atom. The normalized spacial score (nSPS) is 12.9. The number of hydrogen-bond acceptors (Lipinski definition) is 2. The maximum atomic E-state index is 4.95. The van der Waals surface area contributed by atoms with Crippen LogP contribution in [-0.4, -0.2) is 9.97 Å². The van der Waals surface area contributed by atoms with Crippen molar-refractivity contribution in [2.75, 3.05) is 0 Å². The third-order valence-corrected chi connectivity index (χ3v) is 14.1. The van der Waals surface area contributed by atoms with Crippen LogP contribution in [0.2, 0.25) is 0 Å². The predicted molar refractivity (Wildman–Crippen MR) is 272 cm³/mol.